The highest BCUT2D eigenvalue weighted by Gasteiger charge is 2.38. The Morgan fingerprint density at radius 1 is 1.21 bits per heavy atom. The van der Waals surface area contributed by atoms with Crippen LogP contribution in [0.2, 0.25) is 0 Å². The van der Waals surface area contributed by atoms with Crippen molar-refractivity contribution in [2.45, 2.75) is 48.7 Å². The third-order valence-corrected chi connectivity index (χ3v) is 5.39. The summed E-state index contributed by atoms with van der Waals surface area (Å²) in [7, 11) is 0. The molecule has 2 saturated heterocycles. The summed E-state index contributed by atoms with van der Waals surface area (Å²) in [4.78, 5) is 3.38. The number of fused-ring (bicyclic) bond motifs is 2. The molecule has 0 amide bonds. The van der Waals surface area contributed by atoms with Gasteiger partial charge in [0.25, 0.3) is 0 Å². The van der Waals surface area contributed by atoms with E-state index in [-0.39, 0.29) is 5.82 Å². The maximum atomic E-state index is 13.5. The molecular formula is C15H21FN2S. The molecule has 2 nitrogen and oxygen atoms in total. The van der Waals surface area contributed by atoms with Crippen molar-refractivity contribution in [3.63, 3.8) is 0 Å². The highest BCUT2D eigenvalue weighted by atomic mass is 32.2. The van der Waals surface area contributed by atoms with Crippen LogP contribution in [-0.2, 0) is 0 Å². The molecule has 2 aliphatic rings. The second kappa shape index (κ2) is 5.81. The van der Waals surface area contributed by atoms with Crippen molar-refractivity contribution >= 4 is 11.8 Å². The van der Waals surface area contributed by atoms with E-state index in [4.69, 9.17) is 5.73 Å². The Morgan fingerprint density at radius 2 is 1.89 bits per heavy atom. The molecule has 2 N–H and O–H groups in total. The highest BCUT2D eigenvalue weighted by molar-refractivity contribution is 7.99. The molecule has 2 fully saturated rings. The van der Waals surface area contributed by atoms with Crippen LogP contribution in [0.25, 0.3) is 0 Å². The number of hydrogen-bond donors (Lipinski definition) is 1. The fraction of sp³-hybridized carbons (Fsp3) is 0.600. The van der Waals surface area contributed by atoms with Gasteiger partial charge in [0.15, 0.2) is 0 Å². The van der Waals surface area contributed by atoms with Gasteiger partial charge in [0.05, 0.1) is 0 Å². The Labute approximate surface area is 118 Å². The normalized spacial score (nSPS) is 30.7. The van der Waals surface area contributed by atoms with Gasteiger partial charge >= 0.3 is 0 Å². The molecule has 19 heavy (non-hydrogen) atoms. The van der Waals surface area contributed by atoms with Crippen LogP contribution in [0.3, 0.4) is 0 Å². The number of piperidine rings is 1. The molecule has 2 heterocycles. The largest absolute Gasteiger partial charge is 0.328 e. The molecule has 2 atom stereocenters. The van der Waals surface area contributed by atoms with Crippen LogP contribution in [0, 0.1) is 5.82 Å². The van der Waals surface area contributed by atoms with Gasteiger partial charge in [-0.25, -0.2) is 4.39 Å². The molecule has 3 rings (SSSR count). The maximum Gasteiger partial charge on any atom is 0.136 e. The number of nitrogens with zero attached hydrogens (tertiary/aromatic N) is 1. The van der Waals surface area contributed by atoms with Crippen LogP contribution < -0.4 is 5.73 Å². The van der Waals surface area contributed by atoms with Gasteiger partial charge in [0.1, 0.15) is 5.82 Å². The first kappa shape index (κ1) is 13.4. The van der Waals surface area contributed by atoms with Gasteiger partial charge in [-0.15, -0.1) is 11.8 Å². The average Bonchev–Trinajstić information content (AvgIpc) is 2.64. The second-order valence-electron chi connectivity index (χ2n) is 5.63. The minimum absolute atomic E-state index is 0.101. The van der Waals surface area contributed by atoms with Gasteiger partial charge in [-0.2, -0.15) is 0 Å². The summed E-state index contributed by atoms with van der Waals surface area (Å²) in [5, 5.41) is 0. The molecule has 0 spiro atoms. The fourth-order valence-corrected chi connectivity index (χ4v) is 4.41. The predicted molar refractivity (Wildman–Crippen MR) is 77.8 cm³/mol. The summed E-state index contributed by atoms with van der Waals surface area (Å²) in [5.41, 5.74) is 6.08. The Kier molecular flexibility index (Phi) is 4.10. The van der Waals surface area contributed by atoms with Crippen molar-refractivity contribution in [1.29, 1.82) is 0 Å². The maximum absolute atomic E-state index is 13.5. The van der Waals surface area contributed by atoms with Crippen molar-refractivity contribution in [2.24, 2.45) is 5.73 Å². The Bertz CT molecular complexity index is 426. The summed E-state index contributed by atoms with van der Waals surface area (Å²) < 4.78 is 13.5. The van der Waals surface area contributed by atoms with Gasteiger partial charge in [-0.1, -0.05) is 12.1 Å². The molecule has 1 aromatic carbocycles. The number of nitrogens with two attached hydrogens (primary N) is 1. The summed E-state index contributed by atoms with van der Waals surface area (Å²) in [6, 6.07) is 8.78. The van der Waals surface area contributed by atoms with Gasteiger partial charge < -0.3 is 5.73 Å². The topological polar surface area (TPSA) is 29.3 Å². The molecule has 4 heteroatoms. The summed E-state index contributed by atoms with van der Waals surface area (Å²) >= 11 is 1.63. The molecule has 104 valence electrons. The van der Waals surface area contributed by atoms with Gasteiger partial charge in [-0.3, -0.25) is 4.90 Å². The van der Waals surface area contributed by atoms with Crippen LogP contribution in [-0.4, -0.2) is 35.3 Å². The lowest BCUT2D eigenvalue weighted by Crippen LogP contribution is -2.48. The zero-order valence-corrected chi connectivity index (χ0v) is 11.9. The smallest absolute Gasteiger partial charge is 0.136 e. The predicted octanol–water partition coefficient (Wildman–Crippen LogP) is 2.87. The molecule has 0 saturated carbocycles. The Morgan fingerprint density at radius 3 is 2.58 bits per heavy atom. The molecular weight excluding hydrogens is 259 g/mol. The van der Waals surface area contributed by atoms with Crippen LogP contribution in [0.1, 0.15) is 25.7 Å². The molecule has 0 radical (unpaired) electrons. The van der Waals surface area contributed by atoms with Crippen LogP contribution in [0.4, 0.5) is 4.39 Å². The molecule has 2 aliphatic heterocycles. The molecule has 2 unspecified atom stereocenters. The Balaban J connectivity index is 1.52. The van der Waals surface area contributed by atoms with Crippen molar-refractivity contribution in [1.82, 2.24) is 4.90 Å². The lowest BCUT2D eigenvalue weighted by Gasteiger charge is -2.37. The molecule has 2 bridgehead atoms. The third kappa shape index (κ3) is 2.96. The van der Waals surface area contributed by atoms with Crippen LogP contribution >= 0.6 is 11.8 Å². The van der Waals surface area contributed by atoms with E-state index >= 15 is 0 Å². The van der Waals surface area contributed by atoms with Gasteiger partial charge in [0, 0.05) is 35.3 Å². The molecule has 1 aromatic rings. The summed E-state index contributed by atoms with van der Waals surface area (Å²) in [5.74, 6) is 0.861. The van der Waals surface area contributed by atoms with E-state index in [0.717, 1.165) is 30.0 Å². The Hall–Kier alpha value is -0.580. The zero-order chi connectivity index (χ0) is 13.2. The first-order valence-electron chi connectivity index (χ1n) is 7.12. The van der Waals surface area contributed by atoms with Crippen molar-refractivity contribution in [3.05, 3.63) is 30.1 Å². The number of hydrogen-bond acceptors (Lipinski definition) is 3. The number of thioether (sulfide) groups is 1. The lowest BCUT2D eigenvalue weighted by atomic mass is 9.98. The minimum atomic E-state index is -0.101. The molecule has 0 aliphatic carbocycles. The summed E-state index contributed by atoms with van der Waals surface area (Å²) in [6.07, 6.45) is 4.87. The average molecular weight is 280 g/mol. The number of halogens is 1. The first-order valence-corrected chi connectivity index (χ1v) is 8.11. The van der Waals surface area contributed by atoms with Crippen LogP contribution in [0.15, 0.2) is 29.2 Å². The van der Waals surface area contributed by atoms with E-state index < -0.39 is 0 Å². The minimum Gasteiger partial charge on any atom is -0.328 e. The van der Waals surface area contributed by atoms with E-state index in [1.54, 1.807) is 17.8 Å². The van der Waals surface area contributed by atoms with Crippen molar-refractivity contribution in [3.8, 4) is 0 Å². The van der Waals surface area contributed by atoms with E-state index in [9.17, 15) is 4.39 Å². The van der Waals surface area contributed by atoms with E-state index in [0.29, 0.717) is 18.1 Å². The van der Waals surface area contributed by atoms with Crippen molar-refractivity contribution in [2.75, 3.05) is 12.3 Å². The van der Waals surface area contributed by atoms with Gasteiger partial charge in [0.2, 0.25) is 0 Å². The number of benzene rings is 1. The lowest BCUT2D eigenvalue weighted by molar-refractivity contribution is 0.137. The number of rotatable bonds is 4. The quantitative estimate of drug-likeness (QED) is 0.860. The monoisotopic (exact) mass is 280 g/mol. The van der Waals surface area contributed by atoms with E-state index in [2.05, 4.69) is 4.90 Å². The van der Waals surface area contributed by atoms with Crippen LogP contribution in [0.5, 0.6) is 0 Å². The first-order chi connectivity index (χ1) is 9.24. The highest BCUT2D eigenvalue weighted by Crippen LogP contribution is 2.35. The van der Waals surface area contributed by atoms with Gasteiger partial charge in [-0.05, 0) is 37.8 Å². The fourth-order valence-electron chi connectivity index (χ4n) is 3.50. The summed E-state index contributed by atoms with van der Waals surface area (Å²) in [6.45, 7) is 1.06. The van der Waals surface area contributed by atoms with E-state index in [1.807, 2.05) is 12.1 Å². The standard InChI is InChI=1S/C15H21FN2S/c16-14-3-1-2-4-15(14)19-8-7-18-12-5-6-13(18)10-11(17)9-12/h1-4,11-13H,5-10,17H2. The zero-order valence-electron chi connectivity index (χ0n) is 11.1. The third-order valence-electron chi connectivity index (χ3n) is 4.36. The second-order valence-corrected chi connectivity index (χ2v) is 6.77. The van der Waals surface area contributed by atoms with Crippen molar-refractivity contribution < 1.29 is 4.39 Å². The molecule has 0 aromatic heterocycles. The van der Waals surface area contributed by atoms with E-state index in [1.165, 1.54) is 18.9 Å². The SMILES string of the molecule is NC1CC2CCC(C1)N2CCSc1ccccc1F.